The van der Waals surface area contributed by atoms with Crippen LogP contribution in [0.1, 0.15) is 18.4 Å². The molecule has 1 atom stereocenters. The molecule has 0 unspecified atom stereocenters. The molecule has 1 saturated heterocycles. The number of ether oxygens (including phenoxy) is 1. The van der Waals surface area contributed by atoms with Gasteiger partial charge in [-0.15, -0.1) is 0 Å². The van der Waals surface area contributed by atoms with Crippen molar-refractivity contribution in [3.8, 4) is 0 Å². The van der Waals surface area contributed by atoms with E-state index in [4.69, 9.17) is 4.74 Å². The number of methoxy groups -OCH3 is 1. The first-order valence-electron chi connectivity index (χ1n) is 6.77. The lowest BCUT2D eigenvalue weighted by atomic mass is 10.2. The normalized spacial score (nSPS) is 19.6. The van der Waals surface area contributed by atoms with E-state index in [2.05, 4.69) is 5.32 Å². The van der Waals surface area contributed by atoms with Crippen molar-refractivity contribution in [2.75, 3.05) is 25.2 Å². The fraction of sp³-hybridized carbons (Fsp3) is 0.500. The maximum absolute atomic E-state index is 12.2. The Kier molecular flexibility index (Phi) is 4.97. The van der Waals surface area contributed by atoms with Crippen molar-refractivity contribution in [2.24, 2.45) is 0 Å². The predicted octanol–water partition coefficient (Wildman–Crippen LogP) is 1.20. The van der Waals surface area contributed by atoms with E-state index in [0.29, 0.717) is 31.7 Å². The van der Waals surface area contributed by atoms with Gasteiger partial charge in [-0.2, -0.15) is 4.31 Å². The van der Waals surface area contributed by atoms with Crippen molar-refractivity contribution in [1.29, 1.82) is 0 Å². The van der Waals surface area contributed by atoms with Crippen molar-refractivity contribution in [3.63, 3.8) is 0 Å². The number of carbonyl (C=O) groups is 1. The highest BCUT2D eigenvalue weighted by Crippen LogP contribution is 2.22. The summed E-state index contributed by atoms with van der Waals surface area (Å²) in [5.41, 5.74) is 1.66. The number of hydrogen-bond acceptors (Lipinski definition) is 4. The van der Waals surface area contributed by atoms with Crippen LogP contribution in [0.3, 0.4) is 0 Å². The van der Waals surface area contributed by atoms with Gasteiger partial charge < -0.3 is 10.1 Å². The first-order valence-corrected chi connectivity index (χ1v) is 8.62. The fourth-order valence-electron chi connectivity index (χ4n) is 2.48. The van der Waals surface area contributed by atoms with Crippen molar-refractivity contribution in [3.05, 3.63) is 29.8 Å². The lowest BCUT2D eigenvalue weighted by Gasteiger charge is -2.21. The second kappa shape index (κ2) is 6.55. The standard InChI is InChI=1S/C14H20N2O4S/c1-20-10-11-5-7-12(8-6-11)15-14(17)13-4-3-9-16(13)21(2,18)19/h5-8,13H,3-4,9-10H2,1-2H3,(H,15,17)/t13-/m1/s1. The molecule has 1 aromatic carbocycles. The van der Waals surface area contributed by atoms with Gasteiger partial charge in [0.15, 0.2) is 0 Å². The summed E-state index contributed by atoms with van der Waals surface area (Å²) >= 11 is 0. The Morgan fingerprint density at radius 1 is 1.38 bits per heavy atom. The molecule has 116 valence electrons. The second-order valence-electron chi connectivity index (χ2n) is 5.15. The Labute approximate surface area is 125 Å². The molecule has 0 aromatic heterocycles. The maximum atomic E-state index is 12.2. The number of amides is 1. The summed E-state index contributed by atoms with van der Waals surface area (Å²) < 4.78 is 29.6. The number of benzene rings is 1. The third-order valence-corrected chi connectivity index (χ3v) is 4.75. The van der Waals surface area contributed by atoms with E-state index in [-0.39, 0.29) is 5.91 Å². The average Bonchev–Trinajstić information content (AvgIpc) is 2.90. The molecule has 0 aliphatic carbocycles. The largest absolute Gasteiger partial charge is 0.380 e. The minimum Gasteiger partial charge on any atom is -0.380 e. The fourth-order valence-corrected chi connectivity index (χ4v) is 3.60. The van der Waals surface area contributed by atoms with E-state index in [1.807, 2.05) is 12.1 Å². The third kappa shape index (κ3) is 4.03. The van der Waals surface area contributed by atoms with Gasteiger partial charge in [-0.3, -0.25) is 4.79 Å². The van der Waals surface area contributed by atoms with E-state index >= 15 is 0 Å². The van der Waals surface area contributed by atoms with E-state index < -0.39 is 16.1 Å². The average molecular weight is 312 g/mol. The molecule has 21 heavy (non-hydrogen) atoms. The molecule has 1 fully saturated rings. The Morgan fingerprint density at radius 3 is 2.62 bits per heavy atom. The van der Waals surface area contributed by atoms with E-state index in [1.165, 1.54) is 4.31 Å². The molecule has 0 spiro atoms. The molecule has 0 radical (unpaired) electrons. The second-order valence-corrected chi connectivity index (χ2v) is 7.09. The van der Waals surface area contributed by atoms with Crippen LogP contribution < -0.4 is 5.32 Å². The van der Waals surface area contributed by atoms with Gasteiger partial charge in [0.25, 0.3) is 0 Å². The quantitative estimate of drug-likeness (QED) is 0.886. The molecular weight excluding hydrogens is 292 g/mol. The van der Waals surface area contributed by atoms with Gasteiger partial charge in [0.2, 0.25) is 15.9 Å². The van der Waals surface area contributed by atoms with E-state index in [1.54, 1.807) is 19.2 Å². The highest BCUT2D eigenvalue weighted by molar-refractivity contribution is 7.88. The SMILES string of the molecule is COCc1ccc(NC(=O)[C@H]2CCCN2S(C)(=O)=O)cc1. The molecule has 1 aliphatic heterocycles. The minimum atomic E-state index is -3.35. The summed E-state index contributed by atoms with van der Waals surface area (Å²) in [6, 6.07) is 6.68. The van der Waals surface area contributed by atoms with Crippen LogP contribution in [0, 0.1) is 0 Å². The zero-order valence-corrected chi connectivity index (χ0v) is 13.0. The molecule has 7 heteroatoms. The molecule has 1 amide bonds. The van der Waals surface area contributed by atoms with Gasteiger partial charge in [-0.1, -0.05) is 12.1 Å². The van der Waals surface area contributed by atoms with Crippen molar-refractivity contribution in [1.82, 2.24) is 4.31 Å². The van der Waals surface area contributed by atoms with Crippen molar-refractivity contribution in [2.45, 2.75) is 25.5 Å². The van der Waals surface area contributed by atoms with Gasteiger partial charge in [0, 0.05) is 19.3 Å². The molecule has 1 heterocycles. The molecule has 0 bridgehead atoms. The number of anilines is 1. The number of nitrogens with one attached hydrogen (secondary N) is 1. The van der Waals surface area contributed by atoms with Crippen LogP contribution in [0.5, 0.6) is 0 Å². The number of nitrogens with zero attached hydrogens (tertiary/aromatic N) is 1. The number of carbonyl (C=O) groups excluding carboxylic acids is 1. The Balaban J connectivity index is 2.04. The van der Waals surface area contributed by atoms with Crippen molar-refractivity contribution < 1.29 is 17.9 Å². The summed E-state index contributed by atoms with van der Waals surface area (Å²) in [6.07, 6.45) is 2.40. The van der Waals surface area contributed by atoms with Crippen LogP contribution in [-0.4, -0.2) is 44.6 Å². The van der Waals surface area contributed by atoms with Gasteiger partial charge in [-0.25, -0.2) is 8.42 Å². The van der Waals surface area contributed by atoms with Crippen LogP contribution in [0.15, 0.2) is 24.3 Å². The molecule has 1 aliphatic rings. The number of hydrogen-bond donors (Lipinski definition) is 1. The summed E-state index contributed by atoms with van der Waals surface area (Å²) in [6.45, 7) is 0.919. The lowest BCUT2D eigenvalue weighted by molar-refractivity contribution is -0.119. The lowest BCUT2D eigenvalue weighted by Crippen LogP contribution is -2.42. The van der Waals surface area contributed by atoms with Crippen molar-refractivity contribution >= 4 is 21.6 Å². The first kappa shape index (κ1) is 15.9. The van der Waals surface area contributed by atoms with Crippen LogP contribution in [0.25, 0.3) is 0 Å². The zero-order valence-electron chi connectivity index (χ0n) is 12.2. The highest BCUT2D eigenvalue weighted by atomic mass is 32.2. The van der Waals surface area contributed by atoms with Gasteiger partial charge in [-0.05, 0) is 30.5 Å². The Morgan fingerprint density at radius 2 is 2.05 bits per heavy atom. The summed E-state index contributed by atoms with van der Waals surface area (Å²) in [5, 5.41) is 2.77. The molecular formula is C14H20N2O4S. The molecule has 2 rings (SSSR count). The number of sulfonamides is 1. The van der Waals surface area contributed by atoms with E-state index in [9.17, 15) is 13.2 Å². The van der Waals surface area contributed by atoms with E-state index in [0.717, 1.165) is 11.8 Å². The highest BCUT2D eigenvalue weighted by Gasteiger charge is 2.36. The van der Waals surface area contributed by atoms with Crippen LogP contribution >= 0.6 is 0 Å². The Bertz CT molecular complexity index is 598. The molecule has 6 nitrogen and oxygen atoms in total. The Hall–Kier alpha value is -1.44. The summed E-state index contributed by atoms with van der Waals surface area (Å²) in [7, 11) is -1.73. The topological polar surface area (TPSA) is 75.7 Å². The molecule has 1 aromatic rings. The zero-order chi connectivity index (χ0) is 15.5. The predicted molar refractivity (Wildman–Crippen MR) is 80.4 cm³/mol. The summed E-state index contributed by atoms with van der Waals surface area (Å²) in [5.74, 6) is -0.280. The number of rotatable bonds is 5. The third-order valence-electron chi connectivity index (χ3n) is 3.46. The monoisotopic (exact) mass is 312 g/mol. The van der Waals surface area contributed by atoms with Gasteiger partial charge in [0.1, 0.15) is 6.04 Å². The molecule has 1 N–H and O–H groups in total. The van der Waals surface area contributed by atoms with Gasteiger partial charge >= 0.3 is 0 Å². The van der Waals surface area contributed by atoms with Crippen LogP contribution in [-0.2, 0) is 26.2 Å². The molecule has 0 saturated carbocycles. The summed E-state index contributed by atoms with van der Waals surface area (Å²) in [4.78, 5) is 12.2. The van der Waals surface area contributed by atoms with Gasteiger partial charge in [0.05, 0.1) is 12.9 Å². The first-order chi connectivity index (χ1) is 9.91. The minimum absolute atomic E-state index is 0.280. The van der Waals surface area contributed by atoms with Crippen LogP contribution in [0.4, 0.5) is 5.69 Å². The van der Waals surface area contributed by atoms with Crippen LogP contribution in [0.2, 0.25) is 0 Å². The smallest absolute Gasteiger partial charge is 0.242 e. The maximum Gasteiger partial charge on any atom is 0.242 e.